The second-order valence-corrected chi connectivity index (χ2v) is 6.24. The topological polar surface area (TPSA) is 46.9 Å². The van der Waals surface area contributed by atoms with E-state index in [1.54, 1.807) is 6.20 Å². The molecule has 0 radical (unpaired) electrons. The number of aryl methyl sites for hydroxylation is 3. The zero-order valence-corrected chi connectivity index (χ0v) is 14.7. The summed E-state index contributed by atoms with van der Waals surface area (Å²) in [6, 6.07) is 16.4. The molecule has 0 saturated heterocycles. The molecular formula is C21H23N3O. The number of hydrogen-bond donors (Lipinski definition) is 1. The highest BCUT2D eigenvalue weighted by Gasteiger charge is 2.08. The first-order valence-corrected chi connectivity index (χ1v) is 8.54. The Morgan fingerprint density at radius 3 is 2.56 bits per heavy atom. The van der Waals surface area contributed by atoms with E-state index in [9.17, 15) is 4.79 Å². The van der Waals surface area contributed by atoms with Gasteiger partial charge in [-0.1, -0.05) is 48.0 Å². The number of carbonyl (C=O) groups excluding carboxylic acids is 1. The van der Waals surface area contributed by atoms with Crippen molar-refractivity contribution in [1.29, 1.82) is 0 Å². The van der Waals surface area contributed by atoms with E-state index in [1.165, 1.54) is 11.1 Å². The summed E-state index contributed by atoms with van der Waals surface area (Å²) in [5.41, 5.74) is 4.55. The van der Waals surface area contributed by atoms with E-state index in [-0.39, 0.29) is 5.91 Å². The van der Waals surface area contributed by atoms with Crippen LogP contribution in [0.25, 0.3) is 5.69 Å². The van der Waals surface area contributed by atoms with Crippen molar-refractivity contribution < 1.29 is 4.79 Å². The molecule has 0 spiro atoms. The van der Waals surface area contributed by atoms with Gasteiger partial charge in [0.2, 0.25) is 5.91 Å². The van der Waals surface area contributed by atoms with Crippen LogP contribution in [0, 0.1) is 13.8 Å². The lowest BCUT2D eigenvalue weighted by Gasteiger charge is -2.12. The third-order valence-electron chi connectivity index (χ3n) is 4.31. The number of nitrogens with zero attached hydrogens (tertiary/aromatic N) is 2. The van der Waals surface area contributed by atoms with Gasteiger partial charge in [0.1, 0.15) is 5.82 Å². The number of para-hydroxylation sites is 1. The lowest BCUT2D eigenvalue weighted by atomic mass is 10.1. The number of rotatable bonds is 6. The molecule has 0 aliphatic rings. The van der Waals surface area contributed by atoms with Gasteiger partial charge in [-0.3, -0.25) is 4.79 Å². The molecule has 2 aromatic carbocycles. The third-order valence-corrected chi connectivity index (χ3v) is 4.31. The van der Waals surface area contributed by atoms with Crippen LogP contribution in [0.2, 0.25) is 0 Å². The van der Waals surface area contributed by atoms with E-state index in [4.69, 9.17) is 0 Å². The normalized spacial score (nSPS) is 10.6. The van der Waals surface area contributed by atoms with Gasteiger partial charge in [-0.15, -0.1) is 0 Å². The summed E-state index contributed by atoms with van der Waals surface area (Å²) in [5.74, 6) is 0.996. The van der Waals surface area contributed by atoms with Gasteiger partial charge < -0.3 is 9.88 Å². The summed E-state index contributed by atoms with van der Waals surface area (Å²) < 4.78 is 2.04. The third kappa shape index (κ3) is 4.35. The van der Waals surface area contributed by atoms with Crippen LogP contribution in [0.5, 0.6) is 0 Å². The minimum absolute atomic E-state index is 0.0673. The molecule has 0 atom stereocenters. The molecule has 1 amide bonds. The van der Waals surface area contributed by atoms with Gasteiger partial charge >= 0.3 is 0 Å². The van der Waals surface area contributed by atoms with Crippen LogP contribution in [-0.4, -0.2) is 15.5 Å². The lowest BCUT2D eigenvalue weighted by molar-refractivity contribution is -0.121. The van der Waals surface area contributed by atoms with Gasteiger partial charge in [0.05, 0.1) is 5.69 Å². The number of nitrogens with one attached hydrogen (secondary N) is 1. The highest BCUT2D eigenvalue weighted by atomic mass is 16.1. The molecule has 0 aliphatic heterocycles. The van der Waals surface area contributed by atoms with Crippen LogP contribution < -0.4 is 5.32 Å². The lowest BCUT2D eigenvalue weighted by Crippen LogP contribution is -2.23. The van der Waals surface area contributed by atoms with Crippen molar-refractivity contribution in [2.24, 2.45) is 0 Å². The summed E-state index contributed by atoms with van der Waals surface area (Å²) in [5, 5.41) is 3.03. The second kappa shape index (κ2) is 7.79. The Bertz CT molecular complexity index is 850. The quantitative estimate of drug-likeness (QED) is 0.747. The summed E-state index contributed by atoms with van der Waals surface area (Å²) in [7, 11) is 0. The summed E-state index contributed by atoms with van der Waals surface area (Å²) in [4.78, 5) is 16.5. The highest BCUT2D eigenvalue weighted by molar-refractivity contribution is 5.76. The van der Waals surface area contributed by atoms with Crippen molar-refractivity contribution in [2.45, 2.75) is 33.2 Å². The largest absolute Gasteiger partial charge is 0.352 e. The molecule has 4 heteroatoms. The summed E-state index contributed by atoms with van der Waals surface area (Å²) >= 11 is 0. The summed E-state index contributed by atoms with van der Waals surface area (Å²) in [6.07, 6.45) is 4.98. The van der Waals surface area contributed by atoms with Crippen molar-refractivity contribution >= 4 is 5.91 Å². The maximum atomic E-state index is 12.2. The monoisotopic (exact) mass is 333 g/mol. The van der Waals surface area contributed by atoms with Gasteiger partial charge in [0, 0.05) is 25.4 Å². The number of imidazole rings is 1. The molecular weight excluding hydrogens is 310 g/mol. The molecule has 0 unspecified atom stereocenters. The molecule has 0 fully saturated rings. The Balaban J connectivity index is 1.59. The smallest absolute Gasteiger partial charge is 0.220 e. The minimum atomic E-state index is 0.0673. The van der Waals surface area contributed by atoms with E-state index in [0.29, 0.717) is 13.0 Å². The number of amides is 1. The molecule has 1 aromatic heterocycles. The van der Waals surface area contributed by atoms with Crippen molar-refractivity contribution in [3.8, 4) is 5.69 Å². The molecule has 1 heterocycles. The number of carbonyl (C=O) groups is 1. The Hall–Kier alpha value is -2.88. The first-order chi connectivity index (χ1) is 12.1. The Labute approximate surface area is 148 Å². The van der Waals surface area contributed by atoms with Gasteiger partial charge in [0.15, 0.2) is 0 Å². The van der Waals surface area contributed by atoms with E-state index in [2.05, 4.69) is 41.5 Å². The molecule has 0 saturated carbocycles. The molecule has 4 nitrogen and oxygen atoms in total. The second-order valence-electron chi connectivity index (χ2n) is 6.24. The predicted octanol–water partition coefficient (Wildman–Crippen LogP) is 3.74. The summed E-state index contributed by atoms with van der Waals surface area (Å²) in [6.45, 7) is 4.55. The zero-order chi connectivity index (χ0) is 17.6. The fraction of sp³-hybridized carbons (Fsp3) is 0.238. The molecule has 25 heavy (non-hydrogen) atoms. The van der Waals surface area contributed by atoms with Crippen LogP contribution in [-0.2, 0) is 17.8 Å². The van der Waals surface area contributed by atoms with Gasteiger partial charge in [0.25, 0.3) is 0 Å². The number of hydrogen-bond acceptors (Lipinski definition) is 2. The molecule has 3 rings (SSSR count). The van der Waals surface area contributed by atoms with Crippen molar-refractivity contribution in [1.82, 2.24) is 14.9 Å². The Kier molecular flexibility index (Phi) is 5.29. The average Bonchev–Trinajstić information content (AvgIpc) is 3.05. The van der Waals surface area contributed by atoms with E-state index in [0.717, 1.165) is 23.5 Å². The van der Waals surface area contributed by atoms with Crippen molar-refractivity contribution in [3.63, 3.8) is 0 Å². The van der Waals surface area contributed by atoms with Gasteiger partial charge in [-0.2, -0.15) is 0 Å². The molecule has 0 bridgehead atoms. The van der Waals surface area contributed by atoms with E-state index in [1.807, 2.05) is 42.0 Å². The predicted molar refractivity (Wildman–Crippen MR) is 99.6 cm³/mol. The van der Waals surface area contributed by atoms with Crippen LogP contribution in [0.15, 0.2) is 60.9 Å². The van der Waals surface area contributed by atoms with Crippen LogP contribution >= 0.6 is 0 Å². The average molecular weight is 333 g/mol. The van der Waals surface area contributed by atoms with Crippen molar-refractivity contribution in [2.75, 3.05) is 0 Å². The fourth-order valence-corrected chi connectivity index (χ4v) is 2.82. The van der Waals surface area contributed by atoms with Crippen LogP contribution in [0.4, 0.5) is 0 Å². The van der Waals surface area contributed by atoms with Crippen LogP contribution in [0.1, 0.15) is 28.9 Å². The van der Waals surface area contributed by atoms with Crippen LogP contribution in [0.3, 0.4) is 0 Å². The van der Waals surface area contributed by atoms with E-state index >= 15 is 0 Å². The molecule has 128 valence electrons. The Morgan fingerprint density at radius 1 is 1.08 bits per heavy atom. The number of benzene rings is 2. The SMILES string of the molecule is Cc1ccc(CCC(=O)NCc2ccccc2-n2ccnc2C)cc1. The number of aromatic nitrogens is 2. The maximum absolute atomic E-state index is 12.2. The Morgan fingerprint density at radius 2 is 1.84 bits per heavy atom. The van der Waals surface area contributed by atoms with Gasteiger partial charge in [-0.05, 0) is 37.5 Å². The highest BCUT2D eigenvalue weighted by Crippen LogP contribution is 2.16. The molecule has 1 N–H and O–H groups in total. The minimum Gasteiger partial charge on any atom is -0.352 e. The standard InChI is InChI=1S/C21H23N3O/c1-16-7-9-18(10-8-16)11-12-21(25)23-15-19-5-3-4-6-20(19)24-14-13-22-17(24)2/h3-10,13-14H,11-12,15H2,1-2H3,(H,23,25). The molecule has 0 aliphatic carbocycles. The van der Waals surface area contributed by atoms with Gasteiger partial charge in [-0.25, -0.2) is 4.98 Å². The molecule has 3 aromatic rings. The zero-order valence-electron chi connectivity index (χ0n) is 14.7. The first kappa shape index (κ1) is 17.0. The first-order valence-electron chi connectivity index (χ1n) is 8.54. The van der Waals surface area contributed by atoms with E-state index < -0.39 is 0 Å². The van der Waals surface area contributed by atoms with Crippen molar-refractivity contribution in [3.05, 3.63) is 83.4 Å². The maximum Gasteiger partial charge on any atom is 0.220 e. The fourth-order valence-electron chi connectivity index (χ4n) is 2.82.